The third-order valence-electron chi connectivity index (χ3n) is 2.48. The van der Waals surface area contributed by atoms with Gasteiger partial charge >= 0.3 is 0 Å². The summed E-state index contributed by atoms with van der Waals surface area (Å²) >= 11 is 3.46. The lowest BCUT2D eigenvalue weighted by molar-refractivity contribution is 0.407. The van der Waals surface area contributed by atoms with Gasteiger partial charge in [0.25, 0.3) is 0 Å². The van der Waals surface area contributed by atoms with Gasteiger partial charge in [-0.2, -0.15) is 0 Å². The smallest absolute Gasteiger partial charge is 0.123 e. The molecular weight excluding hydrogens is 278 g/mol. The predicted octanol–water partition coefficient (Wildman–Crippen LogP) is 3.35. The van der Waals surface area contributed by atoms with Crippen molar-refractivity contribution in [1.82, 2.24) is 5.32 Å². The molecule has 0 fully saturated rings. The molecule has 0 saturated carbocycles. The van der Waals surface area contributed by atoms with E-state index in [-0.39, 0.29) is 0 Å². The molecule has 0 amide bonds. The number of terminal acetylenes is 1. The number of rotatable bonds is 7. The lowest BCUT2D eigenvalue weighted by atomic mass is 10.2. The lowest BCUT2D eigenvalue weighted by Gasteiger charge is -2.10. The van der Waals surface area contributed by atoms with Crippen molar-refractivity contribution in [3.63, 3.8) is 0 Å². The zero-order valence-corrected chi connectivity index (χ0v) is 11.7. The first-order valence-corrected chi connectivity index (χ1v) is 6.54. The fourth-order valence-corrected chi connectivity index (χ4v) is 1.99. The summed E-state index contributed by atoms with van der Waals surface area (Å²) < 4.78 is 6.38. The molecule has 17 heavy (non-hydrogen) atoms. The highest BCUT2D eigenvalue weighted by atomic mass is 79.9. The number of hydrogen-bond donors (Lipinski definition) is 1. The van der Waals surface area contributed by atoms with Crippen LogP contribution in [0.3, 0.4) is 0 Å². The van der Waals surface area contributed by atoms with Crippen LogP contribution >= 0.6 is 15.9 Å². The van der Waals surface area contributed by atoms with Crippen molar-refractivity contribution in [1.29, 1.82) is 0 Å². The van der Waals surface area contributed by atoms with Crippen LogP contribution in [0.5, 0.6) is 5.75 Å². The molecule has 1 rings (SSSR count). The number of nitrogens with one attached hydrogen (secondary N) is 1. The van der Waals surface area contributed by atoms with Crippen LogP contribution in [0.25, 0.3) is 0 Å². The minimum atomic E-state index is 0.818. The van der Waals surface area contributed by atoms with Crippen LogP contribution in [0.15, 0.2) is 22.7 Å². The van der Waals surface area contributed by atoms with E-state index in [2.05, 4.69) is 33.2 Å². The van der Waals surface area contributed by atoms with E-state index >= 15 is 0 Å². The van der Waals surface area contributed by atoms with E-state index in [1.807, 2.05) is 12.1 Å². The Bertz CT molecular complexity index is 384. The summed E-state index contributed by atoms with van der Waals surface area (Å²) in [7, 11) is 1.69. The van der Waals surface area contributed by atoms with Crippen LogP contribution in [0, 0.1) is 12.3 Å². The average molecular weight is 296 g/mol. The third kappa shape index (κ3) is 5.25. The maximum absolute atomic E-state index is 5.31. The van der Waals surface area contributed by atoms with Crippen molar-refractivity contribution >= 4 is 15.9 Å². The third-order valence-corrected chi connectivity index (χ3v) is 2.98. The molecular formula is C14H18BrNO. The van der Waals surface area contributed by atoms with Crippen LogP contribution in [0.1, 0.15) is 24.8 Å². The Labute approximate surface area is 112 Å². The molecule has 0 aliphatic rings. The number of methoxy groups -OCH3 is 1. The number of ether oxygens (including phenoxy) is 1. The second kappa shape index (κ2) is 8.16. The van der Waals surface area contributed by atoms with Crippen molar-refractivity contribution < 1.29 is 4.74 Å². The summed E-state index contributed by atoms with van der Waals surface area (Å²) in [6.45, 7) is 1.80. The number of benzene rings is 1. The number of hydrogen-bond acceptors (Lipinski definition) is 2. The van der Waals surface area contributed by atoms with E-state index in [1.165, 1.54) is 5.56 Å². The van der Waals surface area contributed by atoms with Crippen molar-refractivity contribution in [3.05, 3.63) is 28.2 Å². The second-order valence-electron chi connectivity index (χ2n) is 3.79. The first-order chi connectivity index (χ1) is 8.27. The van der Waals surface area contributed by atoms with Gasteiger partial charge in [0.05, 0.1) is 7.11 Å². The number of halogens is 1. The molecule has 0 heterocycles. The average Bonchev–Trinajstić information content (AvgIpc) is 2.34. The molecule has 0 unspecified atom stereocenters. The number of unbranched alkanes of at least 4 members (excludes halogenated alkanes) is 2. The van der Waals surface area contributed by atoms with Crippen molar-refractivity contribution in [2.75, 3.05) is 13.7 Å². The summed E-state index contributed by atoms with van der Waals surface area (Å²) in [5.41, 5.74) is 1.17. The summed E-state index contributed by atoms with van der Waals surface area (Å²) in [5.74, 6) is 3.57. The van der Waals surface area contributed by atoms with E-state index in [0.717, 1.165) is 42.6 Å². The Hall–Kier alpha value is -0.980. The first-order valence-electron chi connectivity index (χ1n) is 5.74. The molecule has 0 atom stereocenters. The minimum absolute atomic E-state index is 0.818. The van der Waals surface area contributed by atoms with E-state index in [4.69, 9.17) is 11.2 Å². The van der Waals surface area contributed by atoms with Gasteiger partial charge in [-0.3, -0.25) is 0 Å². The molecule has 3 heteroatoms. The zero-order valence-electron chi connectivity index (χ0n) is 10.1. The van der Waals surface area contributed by atoms with Gasteiger partial charge in [0, 0.05) is 23.0 Å². The fourth-order valence-electron chi connectivity index (χ4n) is 1.59. The Morgan fingerprint density at radius 2 is 2.24 bits per heavy atom. The van der Waals surface area contributed by atoms with E-state index < -0.39 is 0 Å². The van der Waals surface area contributed by atoms with Gasteiger partial charge in [-0.25, -0.2) is 0 Å². The molecule has 1 aromatic carbocycles. The molecule has 0 bridgehead atoms. The fraction of sp³-hybridized carbons (Fsp3) is 0.429. The first kappa shape index (κ1) is 14.1. The lowest BCUT2D eigenvalue weighted by Crippen LogP contribution is -2.15. The molecule has 1 aromatic rings. The predicted molar refractivity (Wildman–Crippen MR) is 75.1 cm³/mol. The maximum Gasteiger partial charge on any atom is 0.123 e. The van der Waals surface area contributed by atoms with Gasteiger partial charge in [0.15, 0.2) is 0 Å². The molecule has 92 valence electrons. The van der Waals surface area contributed by atoms with Gasteiger partial charge in [-0.1, -0.05) is 15.9 Å². The minimum Gasteiger partial charge on any atom is -0.496 e. The quantitative estimate of drug-likeness (QED) is 0.615. The van der Waals surface area contributed by atoms with Crippen molar-refractivity contribution in [2.45, 2.75) is 25.8 Å². The van der Waals surface area contributed by atoms with Crippen molar-refractivity contribution in [3.8, 4) is 18.1 Å². The highest BCUT2D eigenvalue weighted by Gasteiger charge is 2.02. The zero-order chi connectivity index (χ0) is 12.5. The Morgan fingerprint density at radius 3 is 2.94 bits per heavy atom. The molecule has 0 aliphatic heterocycles. The van der Waals surface area contributed by atoms with Crippen LogP contribution in [-0.4, -0.2) is 13.7 Å². The Kier molecular flexibility index (Phi) is 6.76. The molecule has 0 aliphatic carbocycles. The van der Waals surface area contributed by atoms with E-state index in [1.54, 1.807) is 7.11 Å². The molecule has 0 radical (unpaired) electrons. The second-order valence-corrected chi connectivity index (χ2v) is 4.71. The van der Waals surface area contributed by atoms with Crippen molar-refractivity contribution in [2.24, 2.45) is 0 Å². The molecule has 0 saturated heterocycles. The van der Waals surface area contributed by atoms with Crippen LogP contribution in [0.4, 0.5) is 0 Å². The standard InChI is InChI=1S/C14H18BrNO/c1-3-4-5-6-9-16-11-12-10-13(15)7-8-14(12)17-2/h1,7-8,10,16H,4-6,9,11H2,2H3. The molecule has 2 nitrogen and oxygen atoms in total. The Balaban J connectivity index is 2.35. The van der Waals surface area contributed by atoms with Gasteiger partial charge in [0.1, 0.15) is 5.75 Å². The SMILES string of the molecule is C#CCCCCNCc1cc(Br)ccc1OC. The highest BCUT2D eigenvalue weighted by molar-refractivity contribution is 9.10. The van der Waals surface area contributed by atoms with Gasteiger partial charge < -0.3 is 10.1 Å². The Morgan fingerprint density at radius 1 is 1.41 bits per heavy atom. The summed E-state index contributed by atoms with van der Waals surface area (Å²) in [4.78, 5) is 0. The van der Waals surface area contributed by atoms with Crippen LogP contribution in [0.2, 0.25) is 0 Å². The van der Waals surface area contributed by atoms with E-state index in [0.29, 0.717) is 0 Å². The summed E-state index contributed by atoms with van der Waals surface area (Å²) in [6, 6.07) is 6.03. The van der Waals surface area contributed by atoms with Gasteiger partial charge in [-0.15, -0.1) is 12.3 Å². The van der Waals surface area contributed by atoms with Crippen LogP contribution < -0.4 is 10.1 Å². The molecule has 0 spiro atoms. The van der Waals surface area contributed by atoms with Crippen LogP contribution in [-0.2, 0) is 6.54 Å². The topological polar surface area (TPSA) is 21.3 Å². The van der Waals surface area contributed by atoms with Gasteiger partial charge in [-0.05, 0) is 37.6 Å². The summed E-state index contributed by atoms with van der Waals surface area (Å²) in [5, 5.41) is 3.39. The highest BCUT2D eigenvalue weighted by Crippen LogP contribution is 2.22. The monoisotopic (exact) mass is 295 g/mol. The van der Waals surface area contributed by atoms with Gasteiger partial charge in [0.2, 0.25) is 0 Å². The molecule has 1 N–H and O–H groups in total. The molecule has 0 aromatic heterocycles. The maximum atomic E-state index is 5.31. The summed E-state index contributed by atoms with van der Waals surface area (Å²) in [6.07, 6.45) is 8.25. The normalized spacial score (nSPS) is 9.94. The largest absolute Gasteiger partial charge is 0.496 e. The van der Waals surface area contributed by atoms with E-state index in [9.17, 15) is 0 Å².